The van der Waals surface area contributed by atoms with Gasteiger partial charge in [-0.25, -0.2) is 0 Å². The highest BCUT2D eigenvalue weighted by molar-refractivity contribution is 5.35. The van der Waals surface area contributed by atoms with Crippen LogP contribution in [0.15, 0.2) is 6.20 Å². The molecule has 0 aliphatic heterocycles. The molecule has 0 bridgehead atoms. The van der Waals surface area contributed by atoms with Gasteiger partial charge in [-0.1, -0.05) is 18.8 Å². The van der Waals surface area contributed by atoms with E-state index in [0.717, 1.165) is 17.7 Å². The second kappa shape index (κ2) is 3.25. The molecule has 2 nitrogen and oxygen atoms in total. The Labute approximate surface area is 67.2 Å². The topological polar surface area (TPSA) is 17.8 Å². The quantitative estimate of drug-likeness (QED) is 0.510. The van der Waals surface area contributed by atoms with Gasteiger partial charge in [-0.05, 0) is 6.92 Å². The molecular weight excluding hydrogens is 136 g/mol. The molecule has 0 amide bonds. The third-order valence-electron chi connectivity index (χ3n) is 1.64. The highest BCUT2D eigenvalue weighted by Crippen LogP contribution is 2.02. The maximum atomic E-state index is 4.08. The van der Waals surface area contributed by atoms with Crippen LogP contribution in [0.4, 0.5) is 0 Å². The Morgan fingerprint density at radius 2 is 2.36 bits per heavy atom. The standard InChI is InChI=1S/C9H12N2/c1-4-5-6-9-7-10-11(3)8(9)2/h7H,4H2,1-3H3. The Morgan fingerprint density at radius 1 is 1.64 bits per heavy atom. The van der Waals surface area contributed by atoms with Crippen molar-refractivity contribution in [1.29, 1.82) is 0 Å². The SMILES string of the molecule is CCC#Cc1cnn(C)c1C. The van der Waals surface area contributed by atoms with E-state index >= 15 is 0 Å². The molecule has 0 saturated carbocycles. The Kier molecular flexibility index (Phi) is 2.32. The van der Waals surface area contributed by atoms with Gasteiger partial charge in [-0.2, -0.15) is 5.10 Å². The summed E-state index contributed by atoms with van der Waals surface area (Å²) in [5, 5.41) is 4.08. The molecule has 0 spiro atoms. The number of rotatable bonds is 0. The lowest BCUT2D eigenvalue weighted by Gasteiger charge is -1.90. The number of aromatic nitrogens is 2. The summed E-state index contributed by atoms with van der Waals surface area (Å²) < 4.78 is 1.83. The van der Waals surface area contributed by atoms with Crippen molar-refractivity contribution in [3.05, 3.63) is 17.5 Å². The van der Waals surface area contributed by atoms with Crippen LogP contribution in [0, 0.1) is 18.8 Å². The molecular formula is C9H12N2. The van der Waals surface area contributed by atoms with Crippen molar-refractivity contribution in [2.75, 3.05) is 0 Å². The lowest BCUT2D eigenvalue weighted by atomic mass is 10.2. The first-order valence-corrected chi connectivity index (χ1v) is 3.73. The Balaban J connectivity index is 2.96. The molecule has 2 heteroatoms. The van der Waals surface area contributed by atoms with E-state index in [2.05, 4.69) is 16.9 Å². The normalized spacial score (nSPS) is 9.00. The molecule has 1 heterocycles. The number of hydrogen-bond donors (Lipinski definition) is 0. The smallest absolute Gasteiger partial charge is 0.0654 e. The van der Waals surface area contributed by atoms with Crippen molar-refractivity contribution in [1.82, 2.24) is 9.78 Å². The number of aryl methyl sites for hydroxylation is 1. The number of nitrogens with zero attached hydrogens (tertiary/aromatic N) is 2. The zero-order chi connectivity index (χ0) is 8.27. The molecule has 1 aromatic rings. The molecule has 0 fully saturated rings. The first-order chi connectivity index (χ1) is 5.25. The molecule has 0 N–H and O–H groups in total. The summed E-state index contributed by atoms with van der Waals surface area (Å²) in [6.45, 7) is 4.06. The van der Waals surface area contributed by atoms with Gasteiger partial charge in [0.25, 0.3) is 0 Å². The summed E-state index contributed by atoms with van der Waals surface area (Å²) in [7, 11) is 1.92. The van der Waals surface area contributed by atoms with E-state index < -0.39 is 0 Å². The van der Waals surface area contributed by atoms with Crippen LogP contribution in [-0.4, -0.2) is 9.78 Å². The van der Waals surface area contributed by atoms with Crippen LogP contribution in [0.5, 0.6) is 0 Å². The third kappa shape index (κ3) is 1.62. The van der Waals surface area contributed by atoms with E-state index in [1.165, 1.54) is 0 Å². The molecule has 1 rings (SSSR count). The molecule has 0 aromatic carbocycles. The van der Waals surface area contributed by atoms with Gasteiger partial charge in [-0.15, -0.1) is 0 Å². The van der Waals surface area contributed by atoms with E-state index in [1.807, 2.05) is 25.6 Å². The van der Waals surface area contributed by atoms with E-state index in [-0.39, 0.29) is 0 Å². The second-order valence-electron chi connectivity index (χ2n) is 2.42. The maximum Gasteiger partial charge on any atom is 0.0654 e. The van der Waals surface area contributed by atoms with Gasteiger partial charge in [0.1, 0.15) is 0 Å². The van der Waals surface area contributed by atoms with Gasteiger partial charge >= 0.3 is 0 Å². The lowest BCUT2D eigenvalue weighted by Crippen LogP contribution is -1.92. The molecule has 0 saturated heterocycles. The van der Waals surface area contributed by atoms with Crippen LogP contribution >= 0.6 is 0 Å². The third-order valence-corrected chi connectivity index (χ3v) is 1.64. The molecule has 11 heavy (non-hydrogen) atoms. The van der Waals surface area contributed by atoms with Crippen molar-refractivity contribution in [3.63, 3.8) is 0 Å². The fourth-order valence-corrected chi connectivity index (χ4v) is 0.805. The lowest BCUT2D eigenvalue weighted by molar-refractivity contribution is 0.740. The van der Waals surface area contributed by atoms with Crippen LogP contribution in [-0.2, 0) is 7.05 Å². The average molecular weight is 148 g/mol. The monoisotopic (exact) mass is 148 g/mol. The Hall–Kier alpha value is -1.23. The van der Waals surface area contributed by atoms with Gasteiger partial charge < -0.3 is 0 Å². The van der Waals surface area contributed by atoms with Crippen LogP contribution in [0.25, 0.3) is 0 Å². The average Bonchev–Trinajstić information content (AvgIpc) is 2.31. The van der Waals surface area contributed by atoms with Gasteiger partial charge in [0.05, 0.1) is 17.5 Å². The largest absolute Gasteiger partial charge is 0.272 e. The predicted molar refractivity (Wildman–Crippen MR) is 45.1 cm³/mol. The Bertz CT molecular complexity index is 299. The summed E-state index contributed by atoms with van der Waals surface area (Å²) in [5.41, 5.74) is 2.17. The van der Waals surface area contributed by atoms with Crippen molar-refractivity contribution in [3.8, 4) is 11.8 Å². The predicted octanol–water partition coefficient (Wildman–Crippen LogP) is 1.49. The molecule has 1 aromatic heterocycles. The minimum atomic E-state index is 0.897. The fourth-order valence-electron chi connectivity index (χ4n) is 0.805. The van der Waals surface area contributed by atoms with Gasteiger partial charge in [0.15, 0.2) is 0 Å². The van der Waals surface area contributed by atoms with E-state index in [4.69, 9.17) is 0 Å². The summed E-state index contributed by atoms with van der Waals surface area (Å²) >= 11 is 0. The van der Waals surface area contributed by atoms with Crippen molar-refractivity contribution in [2.24, 2.45) is 7.05 Å². The summed E-state index contributed by atoms with van der Waals surface area (Å²) in [6.07, 6.45) is 2.70. The highest BCUT2D eigenvalue weighted by Gasteiger charge is 1.97. The molecule has 0 atom stereocenters. The number of hydrogen-bond acceptors (Lipinski definition) is 1. The van der Waals surface area contributed by atoms with Crippen molar-refractivity contribution in [2.45, 2.75) is 20.3 Å². The zero-order valence-corrected chi connectivity index (χ0v) is 7.18. The van der Waals surface area contributed by atoms with Crippen LogP contribution in [0.2, 0.25) is 0 Å². The first-order valence-electron chi connectivity index (χ1n) is 3.73. The minimum Gasteiger partial charge on any atom is -0.272 e. The summed E-state index contributed by atoms with van der Waals surface area (Å²) in [4.78, 5) is 0. The van der Waals surface area contributed by atoms with Crippen molar-refractivity contribution >= 4 is 0 Å². The Morgan fingerprint density at radius 3 is 2.82 bits per heavy atom. The maximum absolute atomic E-state index is 4.08. The van der Waals surface area contributed by atoms with E-state index in [1.54, 1.807) is 6.20 Å². The molecule has 0 radical (unpaired) electrons. The first kappa shape index (κ1) is 7.87. The van der Waals surface area contributed by atoms with E-state index in [0.29, 0.717) is 0 Å². The molecule has 0 aliphatic rings. The van der Waals surface area contributed by atoms with Crippen molar-refractivity contribution < 1.29 is 0 Å². The van der Waals surface area contributed by atoms with Crippen LogP contribution in [0.1, 0.15) is 24.6 Å². The highest BCUT2D eigenvalue weighted by atomic mass is 15.3. The van der Waals surface area contributed by atoms with Crippen LogP contribution < -0.4 is 0 Å². The zero-order valence-electron chi connectivity index (χ0n) is 7.18. The molecule has 0 unspecified atom stereocenters. The summed E-state index contributed by atoms with van der Waals surface area (Å²) in [6, 6.07) is 0. The molecule has 0 aliphatic carbocycles. The molecule has 58 valence electrons. The van der Waals surface area contributed by atoms with Gasteiger partial charge in [0.2, 0.25) is 0 Å². The van der Waals surface area contributed by atoms with Crippen LogP contribution in [0.3, 0.4) is 0 Å². The summed E-state index contributed by atoms with van der Waals surface area (Å²) in [5.74, 6) is 6.07. The van der Waals surface area contributed by atoms with Gasteiger partial charge in [-0.3, -0.25) is 4.68 Å². The fraction of sp³-hybridized carbons (Fsp3) is 0.444. The van der Waals surface area contributed by atoms with Gasteiger partial charge in [0, 0.05) is 13.5 Å². The van der Waals surface area contributed by atoms with E-state index in [9.17, 15) is 0 Å². The minimum absolute atomic E-state index is 0.897. The second-order valence-corrected chi connectivity index (χ2v) is 2.42.